The number of nitrogens with zero attached hydrogens (tertiary/aromatic N) is 1. The van der Waals surface area contributed by atoms with Crippen LogP contribution in [0.5, 0.6) is 11.5 Å². The third-order valence-electron chi connectivity index (χ3n) is 5.26. The maximum absolute atomic E-state index is 12.2. The lowest BCUT2D eigenvalue weighted by molar-refractivity contribution is -0.129. The van der Waals surface area contributed by atoms with E-state index in [0.29, 0.717) is 29.2 Å². The zero-order valence-electron chi connectivity index (χ0n) is 18.4. The number of halogens is 1. The lowest BCUT2D eigenvalue weighted by Crippen LogP contribution is -2.25. The fourth-order valence-corrected chi connectivity index (χ4v) is 4.32. The van der Waals surface area contributed by atoms with Crippen LogP contribution in [-0.4, -0.2) is 24.3 Å². The zero-order chi connectivity index (χ0) is 23.9. The molecular formula is C27H23IN2O4. The van der Waals surface area contributed by atoms with Crippen LogP contribution in [0.2, 0.25) is 0 Å². The largest absolute Gasteiger partial charge is 0.493 e. The number of fused-ring (bicyclic) bond motifs is 1. The molecule has 0 unspecified atom stereocenters. The van der Waals surface area contributed by atoms with E-state index in [0.717, 1.165) is 19.9 Å². The molecule has 0 heterocycles. The van der Waals surface area contributed by atoms with Gasteiger partial charge in [0, 0.05) is 0 Å². The molecule has 34 heavy (non-hydrogen) atoms. The second-order valence-corrected chi connectivity index (χ2v) is 8.67. The average Bonchev–Trinajstić information content (AvgIpc) is 2.87. The normalized spacial score (nSPS) is 12.0. The molecule has 0 spiro atoms. The van der Waals surface area contributed by atoms with Crippen molar-refractivity contribution >= 4 is 45.5 Å². The number of carbonyl (C=O) groups excluding carboxylic acids is 1. The van der Waals surface area contributed by atoms with Gasteiger partial charge in [0.05, 0.1) is 16.9 Å². The summed E-state index contributed by atoms with van der Waals surface area (Å²) in [6.07, 6.45) is 0.201. The zero-order valence-corrected chi connectivity index (χ0v) is 20.6. The third kappa shape index (κ3) is 5.55. The van der Waals surface area contributed by atoms with E-state index in [-0.39, 0.29) is 0 Å². The molecule has 172 valence electrons. The summed E-state index contributed by atoms with van der Waals surface area (Å²) in [5, 5.41) is 16.4. The molecule has 4 aromatic carbocycles. The number of hydrogen-bond donors (Lipinski definition) is 2. The molecule has 4 rings (SSSR count). The number of carbonyl (C=O) groups is 1. The minimum atomic E-state index is -1.29. The van der Waals surface area contributed by atoms with Crippen LogP contribution in [0.25, 0.3) is 10.8 Å². The van der Waals surface area contributed by atoms with Crippen LogP contribution in [0.15, 0.2) is 90.0 Å². The minimum absolute atomic E-state index is 0.397. The number of hydrazone groups is 1. The standard InChI is InChI=1S/C27H23IN2O4/c1-33-24-15-18(16-29-30-27(32)25(31)20-9-3-2-4-10-20)14-23(28)26(24)34-17-21-12-7-11-19-8-5-6-13-22(19)21/h2-16,25,31H,17H2,1H3,(H,30,32)/b29-16-/t25-/m1/s1. The SMILES string of the molecule is COc1cc(/C=N\NC(=O)[C@H](O)c2ccccc2)cc(I)c1OCc1cccc2ccccc12. The van der Waals surface area contributed by atoms with Crippen molar-refractivity contribution in [2.24, 2.45) is 5.10 Å². The number of nitrogens with one attached hydrogen (secondary N) is 1. The Morgan fingerprint density at radius 3 is 2.59 bits per heavy atom. The first-order valence-electron chi connectivity index (χ1n) is 10.6. The Bertz CT molecular complexity index is 1320. The van der Waals surface area contributed by atoms with Gasteiger partial charge in [-0.25, -0.2) is 5.43 Å². The van der Waals surface area contributed by atoms with Crippen molar-refractivity contribution in [2.75, 3.05) is 7.11 Å². The van der Waals surface area contributed by atoms with Crippen LogP contribution < -0.4 is 14.9 Å². The van der Waals surface area contributed by atoms with Crippen LogP contribution in [0.3, 0.4) is 0 Å². The van der Waals surface area contributed by atoms with E-state index in [1.54, 1.807) is 37.4 Å². The van der Waals surface area contributed by atoms with E-state index in [4.69, 9.17) is 9.47 Å². The summed E-state index contributed by atoms with van der Waals surface area (Å²) in [5.74, 6) is 0.583. The molecule has 7 heteroatoms. The quantitative estimate of drug-likeness (QED) is 0.174. The molecule has 0 fully saturated rings. The molecule has 0 radical (unpaired) electrons. The summed E-state index contributed by atoms with van der Waals surface area (Å²) in [6, 6.07) is 26.7. The van der Waals surface area contributed by atoms with Crippen molar-refractivity contribution in [1.29, 1.82) is 0 Å². The van der Waals surface area contributed by atoms with Gasteiger partial charge < -0.3 is 14.6 Å². The molecule has 0 saturated heterocycles. The van der Waals surface area contributed by atoms with Gasteiger partial charge in [-0.15, -0.1) is 0 Å². The van der Waals surface area contributed by atoms with Crippen molar-refractivity contribution in [2.45, 2.75) is 12.7 Å². The van der Waals surface area contributed by atoms with Gasteiger partial charge >= 0.3 is 0 Å². The summed E-state index contributed by atoms with van der Waals surface area (Å²) in [4.78, 5) is 12.2. The Hall–Kier alpha value is -3.43. The summed E-state index contributed by atoms with van der Waals surface area (Å²) in [6.45, 7) is 0.397. The topological polar surface area (TPSA) is 80.2 Å². The summed E-state index contributed by atoms with van der Waals surface area (Å²) in [7, 11) is 1.58. The predicted molar refractivity (Wildman–Crippen MR) is 141 cm³/mol. The highest BCUT2D eigenvalue weighted by Crippen LogP contribution is 2.34. The predicted octanol–water partition coefficient (Wildman–Crippen LogP) is 5.22. The van der Waals surface area contributed by atoms with Gasteiger partial charge in [0.2, 0.25) is 0 Å². The van der Waals surface area contributed by atoms with E-state index in [9.17, 15) is 9.90 Å². The summed E-state index contributed by atoms with van der Waals surface area (Å²) >= 11 is 2.19. The van der Waals surface area contributed by atoms with Crippen molar-refractivity contribution in [3.05, 3.63) is 105 Å². The number of ether oxygens (including phenoxy) is 2. The Kier molecular flexibility index (Phi) is 7.76. The van der Waals surface area contributed by atoms with Crippen LogP contribution in [0, 0.1) is 3.57 Å². The van der Waals surface area contributed by atoms with Crippen molar-refractivity contribution in [1.82, 2.24) is 5.43 Å². The average molecular weight is 566 g/mol. The number of aliphatic hydroxyl groups excluding tert-OH is 1. The first kappa shape index (κ1) is 23.7. The third-order valence-corrected chi connectivity index (χ3v) is 6.06. The molecule has 4 aromatic rings. The number of hydrogen-bond acceptors (Lipinski definition) is 5. The number of benzene rings is 4. The van der Waals surface area contributed by atoms with Gasteiger partial charge in [0.1, 0.15) is 6.61 Å². The van der Waals surface area contributed by atoms with E-state index >= 15 is 0 Å². The van der Waals surface area contributed by atoms with E-state index in [1.807, 2.05) is 30.3 Å². The number of amides is 1. The Labute approximate surface area is 211 Å². The van der Waals surface area contributed by atoms with E-state index < -0.39 is 12.0 Å². The second-order valence-electron chi connectivity index (χ2n) is 7.51. The molecule has 2 N–H and O–H groups in total. The summed E-state index contributed by atoms with van der Waals surface area (Å²) < 4.78 is 12.5. The first-order chi connectivity index (χ1) is 16.6. The van der Waals surface area contributed by atoms with Gasteiger partial charge in [-0.1, -0.05) is 72.8 Å². The molecule has 0 aliphatic heterocycles. The van der Waals surface area contributed by atoms with Gasteiger partial charge in [0.15, 0.2) is 17.6 Å². The van der Waals surface area contributed by atoms with E-state index in [1.165, 1.54) is 6.21 Å². The smallest absolute Gasteiger partial charge is 0.273 e. The van der Waals surface area contributed by atoms with Gasteiger partial charge in [-0.05, 0) is 62.2 Å². The van der Waals surface area contributed by atoms with E-state index in [2.05, 4.69) is 57.4 Å². The van der Waals surface area contributed by atoms with Gasteiger partial charge in [-0.3, -0.25) is 4.79 Å². The molecule has 0 aliphatic carbocycles. The molecular weight excluding hydrogens is 543 g/mol. The number of methoxy groups -OCH3 is 1. The molecule has 0 saturated carbocycles. The minimum Gasteiger partial charge on any atom is -0.493 e. The van der Waals surface area contributed by atoms with Gasteiger partial charge in [-0.2, -0.15) is 5.10 Å². The summed E-state index contributed by atoms with van der Waals surface area (Å²) in [5.41, 5.74) is 4.67. The highest BCUT2D eigenvalue weighted by Gasteiger charge is 2.16. The lowest BCUT2D eigenvalue weighted by atomic mass is 10.1. The number of aliphatic hydroxyl groups is 1. The van der Waals surface area contributed by atoms with Crippen LogP contribution in [0.4, 0.5) is 0 Å². The van der Waals surface area contributed by atoms with Gasteiger partial charge in [0.25, 0.3) is 5.91 Å². The monoisotopic (exact) mass is 566 g/mol. The maximum Gasteiger partial charge on any atom is 0.273 e. The van der Waals surface area contributed by atoms with Crippen molar-refractivity contribution in [3.8, 4) is 11.5 Å². The highest BCUT2D eigenvalue weighted by atomic mass is 127. The van der Waals surface area contributed by atoms with Crippen molar-refractivity contribution in [3.63, 3.8) is 0 Å². The molecule has 1 atom stereocenters. The van der Waals surface area contributed by atoms with Crippen LogP contribution >= 0.6 is 22.6 Å². The Balaban J connectivity index is 1.45. The maximum atomic E-state index is 12.2. The Morgan fingerprint density at radius 1 is 1.06 bits per heavy atom. The van der Waals surface area contributed by atoms with Crippen molar-refractivity contribution < 1.29 is 19.4 Å². The van der Waals surface area contributed by atoms with Crippen LogP contribution in [-0.2, 0) is 11.4 Å². The molecule has 0 aliphatic rings. The Morgan fingerprint density at radius 2 is 1.79 bits per heavy atom. The molecule has 0 bridgehead atoms. The fraction of sp³-hybridized carbons (Fsp3) is 0.111. The lowest BCUT2D eigenvalue weighted by Gasteiger charge is -2.14. The second kappa shape index (κ2) is 11.1. The van der Waals surface area contributed by atoms with Crippen LogP contribution in [0.1, 0.15) is 22.8 Å². The molecule has 1 amide bonds. The number of rotatable bonds is 8. The molecule has 6 nitrogen and oxygen atoms in total. The highest BCUT2D eigenvalue weighted by molar-refractivity contribution is 14.1. The first-order valence-corrected chi connectivity index (χ1v) is 11.7. The fourth-order valence-electron chi connectivity index (χ4n) is 3.54. The molecule has 0 aromatic heterocycles.